The van der Waals surface area contributed by atoms with Gasteiger partial charge in [0, 0.05) is 5.56 Å². The monoisotopic (exact) mass is 254 g/mol. The highest BCUT2D eigenvalue weighted by molar-refractivity contribution is 5.94. The van der Waals surface area contributed by atoms with E-state index >= 15 is 0 Å². The topological polar surface area (TPSA) is 52.9 Å². The van der Waals surface area contributed by atoms with Crippen LogP contribution in [0.1, 0.15) is 22.0 Å². The summed E-state index contributed by atoms with van der Waals surface area (Å²) >= 11 is 0. The minimum absolute atomic E-state index is 0.337. The molecule has 0 heterocycles. The summed E-state index contributed by atoms with van der Waals surface area (Å²) in [5.41, 5.74) is 1.03. The third-order valence-corrected chi connectivity index (χ3v) is 2.64. The predicted molar refractivity (Wildman–Crippen MR) is 68.7 cm³/mol. The number of nitrogens with one attached hydrogen (secondary N) is 1. The molecule has 3 nitrogen and oxygen atoms in total. The molecule has 2 aromatic carbocycles. The summed E-state index contributed by atoms with van der Waals surface area (Å²) in [5, 5.41) is 11.7. The fourth-order valence-electron chi connectivity index (χ4n) is 1.65. The minimum Gasteiger partial charge on any atom is -0.333 e. The molecule has 0 aromatic heterocycles. The first kappa shape index (κ1) is 12.8. The van der Waals surface area contributed by atoms with E-state index in [4.69, 9.17) is 5.26 Å². The van der Waals surface area contributed by atoms with Crippen molar-refractivity contribution in [2.24, 2.45) is 0 Å². The van der Waals surface area contributed by atoms with Crippen molar-refractivity contribution < 1.29 is 9.18 Å². The van der Waals surface area contributed by atoms with Gasteiger partial charge in [-0.2, -0.15) is 5.26 Å². The van der Waals surface area contributed by atoms with Crippen LogP contribution in [0.5, 0.6) is 0 Å². The molecule has 0 saturated heterocycles. The van der Waals surface area contributed by atoms with Gasteiger partial charge in [0.15, 0.2) is 0 Å². The lowest BCUT2D eigenvalue weighted by molar-refractivity contribution is 0.0945. The van der Waals surface area contributed by atoms with Crippen LogP contribution in [0.4, 0.5) is 4.39 Å². The van der Waals surface area contributed by atoms with E-state index in [0.717, 1.165) is 0 Å². The molecule has 2 rings (SSSR count). The van der Waals surface area contributed by atoms with Crippen LogP contribution in [0, 0.1) is 17.1 Å². The Hall–Kier alpha value is -2.67. The molecule has 1 N–H and O–H groups in total. The second kappa shape index (κ2) is 5.78. The highest BCUT2D eigenvalue weighted by Gasteiger charge is 2.14. The summed E-state index contributed by atoms with van der Waals surface area (Å²) in [6, 6.07) is 15.3. The first-order valence-electron chi connectivity index (χ1n) is 5.71. The van der Waals surface area contributed by atoms with Gasteiger partial charge < -0.3 is 5.32 Å². The van der Waals surface area contributed by atoms with Gasteiger partial charge in [0.2, 0.25) is 0 Å². The lowest BCUT2D eigenvalue weighted by Crippen LogP contribution is -2.27. The Bertz CT molecular complexity index is 602. The van der Waals surface area contributed by atoms with Crippen LogP contribution in [0.2, 0.25) is 0 Å². The summed E-state index contributed by atoms with van der Waals surface area (Å²) in [4.78, 5) is 11.9. The van der Waals surface area contributed by atoms with Gasteiger partial charge >= 0.3 is 0 Å². The molecule has 1 amide bonds. The average Bonchev–Trinajstić information content (AvgIpc) is 2.46. The number of hydrogen-bond donors (Lipinski definition) is 1. The second-order valence-electron chi connectivity index (χ2n) is 3.95. The zero-order chi connectivity index (χ0) is 13.7. The Morgan fingerprint density at radius 3 is 2.32 bits per heavy atom. The average molecular weight is 254 g/mol. The summed E-state index contributed by atoms with van der Waals surface area (Å²) < 4.78 is 12.8. The van der Waals surface area contributed by atoms with Crippen molar-refractivity contribution in [1.29, 1.82) is 5.26 Å². The molecule has 1 atom stereocenters. The number of rotatable bonds is 3. The Labute approximate surface area is 110 Å². The van der Waals surface area contributed by atoms with Crippen molar-refractivity contribution in [3.8, 4) is 6.07 Å². The number of nitrogens with zero attached hydrogens (tertiary/aromatic N) is 1. The molecule has 0 spiro atoms. The SMILES string of the molecule is N#C[C@@H](NC(=O)c1ccccc1)c1ccc(F)cc1. The van der Waals surface area contributed by atoms with Gasteiger partial charge in [0.1, 0.15) is 11.9 Å². The summed E-state index contributed by atoms with van der Waals surface area (Å²) in [6.45, 7) is 0. The number of nitriles is 1. The number of carbonyl (C=O) groups is 1. The summed E-state index contributed by atoms with van der Waals surface area (Å²) in [7, 11) is 0. The molecule has 0 aliphatic heterocycles. The van der Waals surface area contributed by atoms with Crippen molar-refractivity contribution in [3.05, 3.63) is 71.5 Å². The van der Waals surface area contributed by atoms with Crippen LogP contribution < -0.4 is 5.32 Å². The highest BCUT2D eigenvalue weighted by Crippen LogP contribution is 2.13. The van der Waals surface area contributed by atoms with Gasteiger partial charge in [-0.3, -0.25) is 4.79 Å². The number of hydrogen-bond acceptors (Lipinski definition) is 2. The van der Waals surface area contributed by atoms with Crippen LogP contribution in [-0.4, -0.2) is 5.91 Å². The van der Waals surface area contributed by atoms with E-state index < -0.39 is 6.04 Å². The lowest BCUT2D eigenvalue weighted by atomic mass is 10.1. The van der Waals surface area contributed by atoms with E-state index in [0.29, 0.717) is 11.1 Å². The van der Waals surface area contributed by atoms with Crippen molar-refractivity contribution in [2.75, 3.05) is 0 Å². The molecule has 0 radical (unpaired) electrons. The molecule has 0 fully saturated rings. The Morgan fingerprint density at radius 2 is 1.74 bits per heavy atom. The molecule has 0 saturated carbocycles. The summed E-state index contributed by atoms with van der Waals surface area (Å²) in [6.07, 6.45) is 0. The van der Waals surface area contributed by atoms with E-state index in [1.54, 1.807) is 30.3 Å². The normalized spacial score (nSPS) is 11.4. The lowest BCUT2D eigenvalue weighted by Gasteiger charge is -2.11. The Kier molecular flexibility index (Phi) is 3.89. The maximum absolute atomic E-state index is 12.8. The van der Waals surface area contributed by atoms with Crippen LogP contribution in [0.3, 0.4) is 0 Å². The van der Waals surface area contributed by atoms with Crippen LogP contribution in [0.25, 0.3) is 0 Å². The molecule has 0 unspecified atom stereocenters. The molecule has 4 heteroatoms. The van der Waals surface area contributed by atoms with Crippen molar-refractivity contribution in [3.63, 3.8) is 0 Å². The maximum Gasteiger partial charge on any atom is 0.252 e. The quantitative estimate of drug-likeness (QED) is 0.915. The molecule has 2 aromatic rings. The van der Waals surface area contributed by atoms with Crippen LogP contribution in [-0.2, 0) is 0 Å². The van der Waals surface area contributed by atoms with Crippen molar-refractivity contribution >= 4 is 5.91 Å². The van der Waals surface area contributed by atoms with E-state index in [1.165, 1.54) is 24.3 Å². The maximum atomic E-state index is 12.8. The van der Waals surface area contributed by atoms with Crippen LogP contribution in [0.15, 0.2) is 54.6 Å². The van der Waals surface area contributed by atoms with E-state index in [2.05, 4.69) is 5.32 Å². The van der Waals surface area contributed by atoms with Gasteiger partial charge in [-0.15, -0.1) is 0 Å². The van der Waals surface area contributed by atoms with Gasteiger partial charge in [-0.25, -0.2) is 4.39 Å². The summed E-state index contributed by atoms with van der Waals surface area (Å²) in [5.74, 6) is -0.716. The largest absolute Gasteiger partial charge is 0.333 e. The van der Waals surface area contributed by atoms with E-state index in [-0.39, 0.29) is 11.7 Å². The molecular formula is C15H11FN2O. The van der Waals surface area contributed by atoms with Crippen LogP contribution >= 0.6 is 0 Å². The molecule has 94 valence electrons. The fourth-order valence-corrected chi connectivity index (χ4v) is 1.65. The number of halogens is 1. The first-order chi connectivity index (χ1) is 9.20. The molecule has 0 bridgehead atoms. The van der Waals surface area contributed by atoms with Gasteiger partial charge in [-0.05, 0) is 29.8 Å². The zero-order valence-electron chi connectivity index (χ0n) is 10.0. The zero-order valence-corrected chi connectivity index (χ0v) is 10.0. The molecular weight excluding hydrogens is 243 g/mol. The smallest absolute Gasteiger partial charge is 0.252 e. The van der Waals surface area contributed by atoms with E-state index in [9.17, 15) is 9.18 Å². The molecule has 0 aliphatic rings. The van der Waals surface area contributed by atoms with Crippen molar-refractivity contribution in [1.82, 2.24) is 5.32 Å². The standard InChI is InChI=1S/C15H11FN2O/c16-13-8-6-11(7-9-13)14(10-17)18-15(19)12-4-2-1-3-5-12/h1-9,14H,(H,18,19)/t14-/m1/s1. The predicted octanol–water partition coefficient (Wildman–Crippen LogP) is 2.82. The first-order valence-corrected chi connectivity index (χ1v) is 5.71. The number of carbonyl (C=O) groups excluding carboxylic acids is 1. The highest BCUT2D eigenvalue weighted by atomic mass is 19.1. The Morgan fingerprint density at radius 1 is 1.11 bits per heavy atom. The molecule has 19 heavy (non-hydrogen) atoms. The number of amides is 1. The second-order valence-corrected chi connectivity index (χ2v) is 3.95. The fraction of sp³-hybridized carbons (Fsp3) is 0.0667. The third kappa shape index (κ3) is 3.17. The van der Waals surface area contributed by atoms with Gasteiger partial charge in [0.25, 0.3) is 5.91 Å². The van der Waals surface area contributed by atoms with E-state index in [1.807, 2.05) is 6.07 Å². The van der Waals surface area contributed by atoms with Gasteiger partial charge in [0.05, 0.1) is 6.07 Å². The minimum atomic E-state index is -0.798. The Balaban J connectivity index is 2.14. The third-order valence-electron chi connectivity index (χ3n) is 2.64. The molecule has 0 aliphatic carbocycles. The number of benzene rings is 2. The van der Waals surface area contributed by atoms with Crippen molar-refractivity contribution in [2.45, 2.75) is 6.04 Å². The van der Waals surface area contributed by atoms with Gasteiger partial charge in [-0.1, -0.05) is 30.3 Å².